The van der Waals surface area contributed by atoms with E-state index in [9.17, 15) is 9.59 Å². The zero-order chi connectivity index (χ0) is 15.7. The van der Waals surface area contributed by atoms with Crippen molar-refractivity contribution in [2.75, 3.05) is 13.2 Å². The molecule has 0 saturated heterocycles. The summed E-state index contributed by atoms with van der Waals surface area (Å²) in [6.07, 6.45) is 2.65. The lowest BCUT2D eigenvalue weighted by Crippen LogP contribution is -2.36. The highest BCUT2D eigenvalue weighted by Gasteiger charge is 2.19. The van der Waals surface area contributed by atoms with Crippen LogP contribution < -0.4 is 0 Å². The molecule has 1 rings (SSSR count). The Morgan fingerprint density at radius 3 is 2.43 bits per heavy atom. The molecule has 0 saturated carbocycles. The molecule has 1 amide bonds. The Labute approximate surface area is 126 Å². The molecule has 0 heterocycles. The quantitative estimate of drug-likeness (QED) is 0.573. The minimum absolute atomic E-state index is 0.0313. The van der Waals surface area contributed by atoms with Crippen LogP contribution in [0.3, 0.4) is 0 Å². The van der Waals surface area contributed by atoms with E-state index in [4.69, 9.17) is 4.74 Å². The van der Waals surface area contributed by atoms with Crippen molar-refractivity contribution < 1.29 is 14.3 Å². The van der Waals surface area contributed by atoms with Crippen LogP contribution in [0.15, 0.2) is 42.0 Å². The third-order valence-electron chi connectivity index (χ3n) is 2.98. The van der Waals surface area contributed by atoms with Gasteiger partial charge in [-0.1, -0.05) is 43.3 Å². The zero-order valence-corrected chi connectivity index (χ0v) is 13.0. The van der Waals surface area contributed by atoms with Crippen molar-refractivity contribution in [2.45, 2.75) is 33.7 Å². The molecule has 0 aliphatic carbocycles. The van der Waals surface area contributed by atoms with Gasteiger partial charge >= 0.3 is 5.97 Å². The van der Waals surface area contributed by atoms with Crippen LogP contribution >= 0.6 is 0 Å². The number of hydrogen-bond donors (Lipinski definition) is 0. The first kappa shape index (κ1) is 17.0. The number of ether oxygens (including phenoxy) is 1. The second-order valence-electron chi connectivity index (χ2n) is 4.75. The second kappa shape index (κ2) is 8.95. The Hall–Kier alpha value is -2.10. The fraction of sp³-hybridized carbons (Fsp3) is 0.412. The number of allylic oxidation sites excluding steroid dienone is 1. The van der Waals surface area contributed by atoms with Gasteiger partial charge < -0.3 is 9.64 Å². The van der Waals surface area contributed by atoms with Crippen LogP contribution in [0.25, 0.3) is 0 Å². The Balaban J connectivity index is 2.86. The molecule has 0 aliphatic rings. The molecule has 0 atom stereocenters. The molecule has 21 heavy (non-hydrogen) atoms. The van der Waals surface area contributed by atoms with E-state index in [0.717, 1.165) is 12.0 Å². The number of amides is 1. The molecule has 0 bridgehead atoms. The summed E-state index contributed by atoms with van der Waals surface area (Å²) >= 11 is 0. The van der Waals surface area contributed by atoms with Gasteiger partial charge in [0, 0.05) is 12.1 Å². The van der Waals surface area contributed by atoms with Crippen molar-refractivity contribution in [3.05, 3.63) is 47.5 Å². The molecule has 0 unspecified atom stereocenters. The maximum absolute atomic E-state index is 12.4. The van der Waals surface area contributed by atoms with E-state index in [1.54, 1.807) is 13.8 Å². The summed E-state index contributed by atoms with van der Waals surface area (Å²) in [5.41, 5.74) is 1.64. The SMILES string of the molecule is CC/C=C(\C)C(=O)N(CC(=O)OCC)Cc1ccccc1. The van der Waals surface area contributed by atoms with Crippen molar-refractivity contribution in [1.29, 1.82) is 0 Å². The Bertz CT molecular complexity index is 494. The average Bonchev–Trinajstić information content (AvgIpc) is 2.47. The summed E-state index contributed by atoms with van der Waals surface area (Å²) in [6.45, 7) is 6.18. The van der Waals surface area contributed by atoms with E-state index in [1.165, 1.54) is 4.90 Å². The van der Waals surface area contributed by atoms with Crippen LogP contribution in [-0.2, 0) is 20.9 Å². The number of rotatable bonds is 7. The highest BCUT2D eigenvalue weighted by molar-refractivity contribution is 5.94. The predicted molar refractivity (Wildman–Crippen MR) is 82.5 cm³/mol. The maximum atomic E-state index is 12.4. The number of esters is 1. The zero-order valence-electron chi connectivity index (χ0n) is 13.0. The highest BCUT2D eigenvalue weighted by Crippen LogP contribution is 2.09. The first-order valence-electron chi connectivity index (χ1n) is 7.24. The van der Waals surface area contributed by atoms with E-state index < -0.39 is 0 Å². The van der Waals surface area contributed by atoms with E-state index in [2.05, 4.69) is 0 Å². The van der Waals surface area contributed by atoms with Gasteiger partial charge in [0.15, 0.2) is 0 Å². The van der Waals surface area contributed by atoms with Crippen molar-refractivity contribution >= 4 is 11.9 Å². The lowest BCUT2D eigenvalue weighted by Gasteiger charge is -2.22. The van der Waals surface area contributed by atoms with Crippen LogP contribution in [0, 0.1) is 0 Å². The second-order valence-corrected chi connectivity index (χ2v) is 4.75. The molecule has 114 valence electrons. The third-order valence-corrected chi connectivity index (χ3v) is 2.98. The van der Waals surface area contributed by atoms with Gasteiger partial charge in [0.2, 0.25) is 5.91 Å². The van der Waals surface area contributed by atoms with Crippen molar-refractivity contribution in [1.82, 2.24) is 4.90 Å². The van der Waals surface area contributed by atoms with Gasteiger partial charge in [-0.2, -0.15) is 0 Å². The molecule has 0 aliphatic heterocycles. The molecule has 1 aromatic carbocycles. The van der Waals surface area contributed by atoms with Crippen LogP contribution in [-0.4, -0.2) is 29.9 Å². The monoisotopic (exact) mass is 289 g/mol. The van der Waals surface area contributed by atoms with Gasteiger partial charge in [-0.05, 0) is 25.8 Å². The van der Waals surface area contributed by atoms with Gasteiger partial charge in [0.05, 0.1) is 6.61 Å². The predicted octanol–water partition coefficient (Wildman–Crippen LogP) is 2.93. The van der Waals surface area contributed by atoms with Gasteiger partial charge in [-0.15, -0.1) is 0 Å². The van der Waals surface area contributed by atoms with Crippen LogP contribution in [0.2, 0.25) is 0 Å². The number of nitrogens with zero attached hydrogens (tertiary/aromatic N) is 1. The first-order valence-corrected chi connectivity index (χ1v) is 7.24. The molecule has 4 nitrogen and oxygen atoms in total. The summed E-state index contributed by atoms with van der Waals surface area (Å²) in [6, 6.07) is 9.62. The summed E-state index contributed by atoms with van der Waals surface area (Å²) in [5.74, 6) is -0.514. The van der Waals surface area contributed by atoms with Crippen LogP contribution in [0.5, 0.6) is 0 Å². The van der Waals surface area contributed by atoms with Crippen molar-refractivity contribution in [3.8, 4) is 0 Å². The lowest BCUT2D eigenvalue weighted by atomic mass is 10.1. The lowest BCUT2D eigenvalue weighted by molar-refractivity contribution is -0.148. The third kappa shape index (κ3) is 5.81. The molecule has 0 aromatic heterocycles. The maximum Gasteiger partial charge on any atom is 0.325 e. The topological polar surface area (TPSA) is 46.6 Å². The van der Waals surface area contributed by atoms with Crippen molar-refractivity contribution in [3.63, 3.8) is 0 Å². The fourth-order valence-electron chi connectivity index (χ4n) is 2.01. The fourth-order valence-corrected chi connectivity index (χ4v) is 2.01. The van der Waals surface area contributed by atoms with Gasteiger partial charge in [-0.3, -0.25) is 9.59 Å². The van der Waals surface area contributed by atoms with Gasteiger partial charge in [0.1, 0.15) is 6.54 Å². The number of benzene rings is 1. The molecule has 0 radical (unpaired) electrons. The van der Waals surface area contributed by atoms with E-state index >= 15 is 0 Å². The average molecular weight is 289 g/mol. The summed E-state index contributed by atoms with van der Waals surface area (Å²) in [5, 5.41) is 0. The van der Waals surface area contributed by atoms with E-state index in [1.807, 2.05) is 43.3 Å². The number of carbonyl (C=O) groups excluding carboxylic acids is 2. The Morgan fingerprint density at radius 2 is 1.86 bits per heavy atom. The molecular formula is C17H23NO3. The first-order chi connectivity index (χ1) is 10.1. The highest BCUT2D eigenvalue weighted by atomic mass is 16.5. The molecule has 0 N–H and O–H groups in total. The van der Waals surface area contributed by atoms with Gasteiger partial charge in [0.25, 0.3) is 0 Å². The molecule has 0 spiro atoms. The van der Waals surface area contributed by atoms with Gasteiger partial charge in [-0.25, -0.2) is 0 Å². The summed E-state index contributed by atoms with van der Waals surface area (Å²) < 4.78 is 4.95. The summed E-state index contributed by atoms with van der Waals surface area (Å²) in [4.78, 5) is 25.6. The van der Waals surface area contributed by atoms with Crippen LogP contribution in [0.1, 0.15) is 32.8 Å². The van der Waals surface area contributed by atoms with Crippen LogP contribution in [0.4, 0.5) is 0 Å². The normalized spacial score (nSPS) is 11.1. The number of carbonyl (C=O) groups is 2. The standard InChI is InChI=1S/C17H23NO3/c1-4-9-14(3)17(20)18(13-16(19)21-5-2)12-15-10-7-6-8-11-15/h6-11H,4-5,12-13H2,1-3H3/b14-9+. The van der Waals surface area contributed by atoms with E-state index in [0.29, 0.717) is 18.7 Å². The van der Waals surface area contributed by atoms with E-state index in [-0.39, 0.29) is 18.4 Å². The van der Waals surface area contributed by atoms with Crippen molar-refractivity contribution in [2.24, 2.45) is 0 Å². The molecule has 0 fully saturated rings. The Kier molecular flexibility index (Phi) is 7.23. The largest absolute Gasteiger partial charge is 0.465 e. The smallest absolute Gasteiger partial charge is 0.325 e. The number of hydrogen-bond acceptors (Lipinski definition) is 3. The molecular weight excluding hydrogens is 266 g/mol. The summed E-state index contributed by atoms with van der Waals surface area (Å²) in [7, 11) is 0. The minimum atomic E-state index is -0.383. The molecule has 1 aromatic rings. The molecule has 4 heteroatoms. The minimum Gasteiger partial charge on any atom is -0.465 e. The Morgan fingerprint density at radius 1 is 1.19 bits per heavy atom.